The molecule has 2 rings (SSSR count). The average Bonchev–Trinajstić information content (AvgIpc) is 2.47. The summed E-state index contributed by atoms with van der Waals surface area (Å²) < 4.78 is 0. The minimum Gasteiger partial charge on any atom is -0.359 e. The number of rotatable bonds is 3. The van der Waals surface area contributed by atoms with Crippen molar-refractivity contribution in [2.75, 3.05) is 27.2 Å². The molecule has 1 saturated carbocycles. The molecular weight excluding hydrogens is 226 g/mol. The number of likely N-dealkylation sites (tertiary alicyclic amines) is 1. The molecule has 0 atom stereocenters. The summed E-state index contributed by atoms with van der Waals surface area (Å²) in [7, 11) is 3.81. The zero-order valence-electron chi connectivity index (χ0n) is 11.7. The van der Waals surface area contributed by atoms with E-state index in [4.69, 9.17) is 0 Å². The Kier molecular flexibility index (Phi) is 5.01. The summed E-state index contributed by atoms with van der Waals surface area (Å²) in [5.74, 6) is 0.480. The molecule has 1 aliphatic heterocycles. The van der Waals surface area contributed by atoms with Crippen molar-refractivity contribution in [2.24, 2.45) is 5.92 Å². The fourth-order valence-corrected chi connectivity index (χ4v) is 3.46. The first-order valence-corrected chi connectivity index (χ1v) is 7.37. The Bertz CT molecular complexity index is 266. The third kappa shape index (κ3) is 3.23. The number of hydrogen-bond donors (Lipinski definition) is 2. The van der Waals surface area contributed by atoms with Crippen LogP contribution in [0.5, 0.6) is 0 Å². The number of piperidine rings is 1. The molecule has 1 saturated heterocycles. The van der Waals surface area contributed by atoms with Gasteiger partial charge in [0.25, 0.3) is 0 Å². The molecule has 104 valence electrons. The SMILES string of the molecule is CNC(=O)C1CCN(C2CCC(NC)CC2)CC1. The van der Waals surface area contributed by atoms with Gasteiger partial charge in [0.1, 0.15) is 0 Å². The van der Waals surface area contributed by atoms with Crippen LogP contribution in [0.2, 0.25) is 0 Å². The van der Waals surface area contributed by atoms with Crippen molar-refractivity contribution in [2.45, 2.75) is 50.6 Å². The maximum Gasteiger partial charge on any atom is 0.222 e. The van der Waals surface area contributed by atoms with Gasteiger partial charge in [-0.25, -0.2) is 0 Å². The number of amides is 1. The highest BCUT2D eigenvalue weighted by Crippen LogP contribution is 2.27. The highest BCUT2D eigenvalue weighted by molar-refractivity contribution is 5.78. The van der Waals surface area contributed by atoms with E-state index in [1.807, 2.05) is 0 Å². The van der Waals surface area contributed by atoms with E-state index in [0.29, 0.717) is 0 Å². The van der Waals surface area contributed by atoms with E-state index in [0.717, 1.165) is 38.0 Å². The van der Waals surface area contributed by atoms with Crippen molar-refractivity contribution in [1.29, 1.82) is 0 Å². The molecule has 0 aromatic heterocycles. The Morgan fingerprint density at radius 3 is 2.11 bits per heavy atom. The molecule has 0 bridgehead atoms. The van der Waals surface area contributed by atoms with Crippen LogP contribution in [0.3, 0.4) is 0 Å². The molecule has 0 aromatic rings. The predicted molar refractivity (Wildman–Crippen MR) is 73.5 cm³/mol. The third-order valence-electron chi connectivity index (χ3n) is 4.77. The Morgan fingerprint density at radius 2 is 1.61 bits per heavy atom. The van der Waals surface area contributed by atoms with Gasteiger partial charge < -0.3 is 15.5 Å². The molecule has 1 heterocycles. The molecule has 1 aliphatic carbocycles. The predicted octanol–water partition coefficient (Wildman–Crippen LogP) is 0.975. The van der Waals surface area contributed by atoms with Crippen molar-refractivity contribution >= 4 is 5.91 Å². The van der Waals surface area contributed by atoms with Gasteiger partial charge in [0.15, 0.2) is 0 Å². The molecule has 18 heavy (non-hydrogen) atoms. The Morgan fingerprint density at radius 1 is 1.00 bits per heavy atom. The zero-order chi connectivity index (χ0) is 13.0. The van der Waals surface area contributed by atoms with Gasteiger partial charge in [0, 0.05) is 25.0 Å². The molecule has 2 fully saturated rings. The topological polar surface area (TPSA) is 44.4 Å². The summed E-state index contributed by atoms with van der Waals surface area (Å²) in [6.45, 7) is 2.21. The summed E-state index contributed by atoms with van der Waals surface area (Å²) in [5.41, 5.74) is 0. The Balaban J connectivity index is 1.75. The van der Waals surface area contributed by atoms with Crippen LogP contribution in [0, 0.1) is 5.92 Å². The van der Waals surface area contributed by atoms with Crippen molar-refractivity contribution < 1.29 is 4.79 Å². The fourth-order valence-electron chi connectivity index (χ4n) is 3.46. The van der Waals surface area contributed by atoms with Crippen molar-refractivity contribution in [3.05, 3.63) is 0 Å². The van der Waals surface area contributed by atoms with E-state index in [1.54, 1.807) is 7.05 Å². The highest BCUT2D eigenvalue weighted by Gasteiger charge is 2.30. The van der Waals surface area contributed by atoms with E-state index in [9.17, 15) is 4.79 Å². The number of nitrogens with one attached hydrogen (secondary N) is 2. The second-order valence-corrected chi connectivity index (χ2v) is 5.72. The van der Waals surface area contributed by atoms with Crippen LogP contribution in [0.1, 0.15) is 38.5 Å². The number of hydrogen-bond acceptors (Lipinski definition) is 3. The van der Waals surface area contributed by atoms with Gasteiger partial charge in [-0.15, -0.1) is 0 Å². The lowest BCUT2D eigenvalue weighted by atomic mass is 9.87. The lowest BCUT2D eigenvalue weighted by Gasteiger charge is -2.40. The largest absolute Gasteiger partial charge is 0.359 e. The molecule has 0 aromatic carbocycles. The lowest BCUT2D eigenvalue weighted by molar-refractivity contribution is -0.126. The molecule has 0 radical (unpaired) electrons. The number of carbonyl (C=O) groups excluding carboxylic acids is 1. The monoisotopic (exact) mass is 253 g/mol. The first kappa shape index (κ1) is 13.8. The Labute approximate surface area is 110 Å². The summed E-state index contributed by atoms with van der Waals surface area (Å²) >= 11 is 0. The molecule has 0 unspecified atom stereocenters. The quantitative estimate of drug-likeness (QED) is 0.788. The smallest absolute Gasteiger partial charge is 0.222 e. The standard InChI is InChI=1S/C14H27N3O/c1-15-12-3-5-13(6-4-12)17-9-7-11(8-10-17)14(18)16-2/h11-13,15H,3-10H2,1-2H3,(H,16,18). The van der Waals surface area contributed by atoms with Crippen LogP contribution < -0.4 is 10.6 Å². The fraction of sp³-hybridized carbons (Fsp3) is 0.929. The molecule has 0 spiro atoms. The van der Waals surface area contributed by atoms with Crippen LogP contribution in [-0.2, 0) is 4.79 Å². The normalized spacial score (nSPS) is 31.2. The summed E-state index contributed by atoms with van der Waals surface area (Å²) in [5, 5.41) is 6.16. The maximum atomic E-state index is 11.6. The van der Waals surface area contributed by atoms with Crippen LogP contribution in [0.4, 0.5) is 0 Å². The van der Waals surface area contributed by atoms with Gasteiger partial charge in [0.2, 0.25) is 5.91 Å². The summed E-state index contributed by atoms with van der Waals surface area (Å²) in [6, 6.07) is 1.49. The summed E-state index contributed by atoms with van der Waals surface area (Å²) in [4.78, 5) is 14.2. The number of nitrogens with zero attached hydrogens (tertiary/aromatic N) is 1. The van der Waals surface area contributed by atoms with Crippen LogP contribution in [-0.4, -0.2) is 50.1 Å². The van der Waals surface area contributed by atoms with Crippen LogP contribution in [0.15, 0.2) is 0 Å². The molecule has 1 amide bonds. The van der Waals surface area contributed by atoms with Crippen molar-refractivity contribution in [3.8, 4) is 0 Å². The average molecular weight is 253 g/mol. The van der Waals surface area contributed by atoms with Gasteiger partial charge >= 0.3 is 0 Å². The van der Waals surface area contributed by atoms with E-state index >= 15 is 0 Å². The van der Waals surface area contributed by atoms with E-state index in [1.165, 1.54) is 25.7 Å². The van der Waals surface area contributed by atoms with Gasteiger partial charge in [-0.1, -0.05) is 0 Å². The minimum atomic E-state index is 0.230. The van der Waals surface area contributed by atoms with Gasteiger partial charge in [-0.2, -0.15) is 0 Å². The Hall–Kier alpha value is -0.610. The first-order chi connectivity index (χ1) is 8.74. The van der Waals surface area contributed by atoms with Crippen molar-refractivity contribution in [1.82, 2.24) is 15.5 Å². The third-order valence-corrected chi connectivity index (χ3v) is 4.77. The highest BCUT2D eigenvalue weighted by atomic mass is 16.1. The molecule has 2 N–H and O–H groups in total. The van der Waals surface area contributed by atoms with Crippen LogP contribution in [0.25, 0.3) is 0 Å². The van der Waals surface area contributed by atoms with E-state index in [2.05, 4.69) is 22.6 Å². The second kappa shape index (κ2) is 6.53. The van der Waals surface area contributed by atoms with Gasteiger partial charge in [-0.05, 0) is 58.7 Å². The molecule has 2 aliphatic rings. The first-order valence-electron chi connectivity index (χ1n) is 7.37. The second-order valence-electron chi connectivity index (χ2n) is 5.72. The van der Waals surface area contributed by atoms with Gasteiger partial charge in [0.05, 0.1) is 0 Å². The minimum absolute atomic E-state index is 0.230. The van der Waals surface area contributed by atoms with Crippen molar-refractivity contribution in [3.63, 3.8) is 0 Å². The zero-order valence-corrected chi connectivity index (χ0v) is 11.7. The molecule has 4 nitrogen and oxygen atoms in total. The molecular formula is C14H27N3O. The van der Waals surface area contributed by atoms with E-state index < -0.39 is 0 Å². The van der Waals surface area contributed by atoms with Gasteiger partial charge in [-0.3, -0.25) is 4.79 Å². The number of carbonyl (C=O) groups is 1. The molecule has 4 heteroatoms. The summed E-state index contributed by atoms with van der Waals surface area (Å²) in [6.07, 6.45) is 7.30. The lowest BCUT2D eigenvalue weighted by Crippen LogP contribution is -2.47. The maximum absolute atomic E-state index is 11.6. The van der Waals surface area contributed by atoms with E-state index in [-0.39, 0.29) is 11.8 Å². The van der Waals surface area contributed by atoms with Crippen LogP contribution >= 0.6 is 0 Å².